The molecule has 0 fully saturated rings. The van der Waals surface area contributed by atoms with Crippen molar-refractivity contribution in [2.75, 3.05) is 19.0 Å². The fourth-order valence-corrected chi connectivity index (χ4v) is 1.49. The fraction of sp³-hybridized carbons (Fsp3) is 0.462. The van der Waals surface area contributed by atoms with Crippen LogP contribution in [0.15, 0.2) is 18.2 Å². The van der Waals surface area contributed by atoms with Crippen molar-refractivity contribution in [2.24, 2.45) is 5.92 Å². The Hall–Kier alpha value is -1.51. The Morgan fingerprint density at radius 2 is 2.12 bits per heavy atom. The minimum atomic E-state index is -0.183. The van der Waals surface area contributed by atoms with Crippen LogP contribution in [0.2, 0.25) is 0 Å². The van der Waals surface area contributed by atoms with E-state index in [-0.39, 0.29) is 11.9 Å². The highest BCUT2D eigenvalue weighted by Gasteiger charge is 2.12. The summed E-state index contributed by atoms with van der Waals surface area (Å²) < 4.78 is 4.68. The number of esters is 1. The van der Waals surface area contributed by atoms with Crippen molar-refractivity contribution in [3.05, 3.63) is 29.3 Å². The van der Waals surface area contributed by atoms with Crippen molar-refractivity contribution in [1.82, 2.24) is 0 Å². The predicted molar refractivity (Wildman–Crippen MR) is 65.6 cm³/mol. The van der Waals surface area contributed by atoms with Crippen LogP contribution in [0.3, 0.4) is 0 Å². The third-order valence-corrected chi connectivity index (χ3v) is 2.81. The molecule has 1 aromatic rings. The Morgan fingerprint density at radius 3 is 2.75 bits per heavy atom. The highest BCUT2D eigenvalue weighted by Crippen LogP contribution is 2.18. The lowest BCUT2D eigenvalue weighted by Gasteiger charge is -2.14. The van der Waals surface area contributed by atoms with Gasteiger partial charge in [0.05, 0.1) is 13.0 Å². The standard InChI is InChI=1S/C13H19NO2/c1-9-6-5-7-12(11(9)3)14-8-10(2)13(15)16-4/h5-7,10,14H,8H2,1-4H3. The van der Waals surface area contributed by atoms with E-state index in [0.29, 0.717) is 6.54 Å². The Kier molecular flexibility index (Phi) is 4.35. The van der Waals surface area contributed by atoms with E-state index < -0.39 is 0 Å². The number of carbonyl (C=O) groups is 1. The summed E-state index contributed by atoms with van der Waals surface area (Å²) >= 11 is 0. The lowest BCUT2D eigenvalue weighted by atomic mass is 10.1. The van der Waals surface area contributed by atoms with E-state index in [9.17, 15) is 4.79 Å². The molecule has 1 aromatic carbocycles. The van der Waals surface area contributed by atoms with Gasteiger partial charge in [0.25, 0.3) is 0 Å². The van der Waals surface area contributed by atoms with Crippen molar-refractivity contribution in [3.63, 3.8) is 0 Å². The zero-order chi connectivity index (χ0) is 12.1. The highest BCUT2D eigenvalue weighted by atomic mass is 16.5. The maximum atomic E-state index is 11.2. The molecule has 0 aliphatic rings. The van der Waals surface area contributed by atoms with Crippen LogP contribution >= 0.6 is 0 Å². The first-order valence-corrected chi connectivity index (χ1v) is 5.44. The number of hydrogen-bond donors (Lipinski definition) is 1. The molecule has 0 radical (unpaired) electrons. The van der Waals surface area contributed by atoms with Gasteiger partial charge in [-0.1, -0.05) is 19.1 Å². The minimum absolute atomic E-state index is 0.134. The molecule has 16 heavy (non-hydrogen) atoms. The summed E-state index contributed by atoms with van der Waals surface area (Å²) in [5.74, 6) is -0.317. The Bertz CT molecular complexity index is 374. The fourth-order valence-electron chi connectivity index (χ4n) is 1.49. The maximum absolute atomic E-state index is 11.2. The number of nitrogens with one attached hydrogen (secondary N) is 1. The number of rotatable bonds is 4. The quantitative estimate of drug-likeness (QED) is 0.794. The molecule has 3 heteroatoms. The summed E-state index contributed by atoms with van der Waals surface area (Å²) in [7, 11) is 1.41. The van der Waals surface area contributed by atoms with Gasteiger partial charge in [0.1, 0.15) is 0 Å². The van der Waals surface area contributed by atoms with E-state index in [4.69, 9.17) is 0 Å². The first kappa shape index (κ1) is 12.6. The number of hydrogen-bond acceptors (Lipinski definition) is 3. The van der Waals surface area contributed by atoms with Crippen LogP contribution in [0.4, 0.5) is 5.69 Å². The van der Waals surface area contributed by atoms with Crippen molar-refractivity contribution in [2.45, 2.75) is 20.8 Å². The lowest BCUT2D eigenvalue weighted by molar-refractivity contribution is -0.144. The molecule has 1 unspecified atom stereocenters. The van der Waals surface area contributed by atoms with Crippen LogP contribution in [-0.4, -0.2) is 19.6 Å². The van der Waals surface area contributed by atoms with E-state index in [1.807, 2.05) is 19.1 Å². The molecule has 0 heterocycles. The molecular formula is C13H19NO2. The molecule has 1 atom stereocenters. The van der Waals surface area contributed by atoms with Gasteiger partial charge < -0.3 is 10.1 Å². The molecule has 0 bridgehead atoms. The number of methoxy groups -OCH3 is 1. The van der Waals surface area contributed by atoms with Gasteiger partial charge >= 0.3 is 5.97 Å². The van der Waals surface area contributed by atoms with Crippen molar-refractivity contribution in [1.29, 1.82) is 0 Å². The maximum Gasteiger partial charge on any atom is 0.310 e. The molecule has 3 nitrogen and oxygen atoms in total. The van der Waals surface area contributed by atoms with E-state index >= 15 is 0 Å². The van der Waals surface area contributed by atoms with Gasteiger partial charge in [0.15, 0.2) is 0 Å². The van der Waals surface area contributed by atoms with E-state index in [1.54, 1.807) is 0 Å². The van der Waals surface area contributed by atoms with E-state index in [2.05, 4.69) is 30.0 Å². The first-order chi connectivity index (χ1) is 7.56. The van der Waals surface area contributed by atoms with Gasteiger partial charge in [-0.05, 0) is 31.0 Å². The van der Waals surface area contributed by atoms with Gasteiger partial charge in [-0.25, -0.2) is 0 Å². The third-order valence-electron chi connectivity index (χ3n) is 2.81. The van der Waals surface area contributed by atoms with Crippen LogP contribution in [0, 0.1) is 19.8 Å². The summed E-state index contributed by atoms with van der Waals surface area (Å²) in [4.78, 5) is 11.2. The second kappa shape index (κ2) is 5.54. The Balaban J connectivity index is 2.61. The number of ether oxygens (including phenoxy) is 1. The molecule has 1 N–H and O–H groups in total. The normalized spacial score (nSPS) is 12.0. The zero-order valence-corrected chi connectivity index (χ0v) is 10.3. The Morgan fingerprint density at radius 1 is 1.44 bits per heavy atom. The summed E-state index contributed by atoms with van der Waals surface area (Å²) in [6.45, 7) is 6.59. The molecule has 1 rings (SSSR count). The Labute approximate surface area is 96.8 Å². The predicted octanol–water partition coefficient (Wildman–Crippen LogP) is 2.52. The average Bonchev–Trinajstić information content (AvgIpc) is 2.29. The van der Waals surface area contributed by atoms with Crippen LogP contribution < -0.4 is 5.32 Å². The molecule has 0 saturated heterocycles. The van der Waals surface area contributed by atoms with Gasteiger partial charge in [-0.15, -0.1) is 0 Å². The van der Waals surface area contributed by atoms with Gasteiger partial charge in [-0.2, -0.15) is 0 Å². The molecule has 0 amide bonds. The zero-order valence-electron chi connectivity index (χ0n) is 10.3. The van der Waals surface area contributed by atoms with Gasteiger partial charge in [0.2, 0.25) is 0 Å². The second-order valence-corrected chi connectivity index (χ2v) is 4.05. The van der Waals surface area contributed by atoms with Crippen LogP contribution in [-0.2, 0) is 9.53 Å². The van der Waals surface area contributed by atoms with Crippen molar-refractivity contribution < 1.29 is 9.53 Å². The molecule has 0 aliphatic carbocycles. The number of carbonyl (C=O) groups excluding carboxylic acids is 1. The summed E-state index contributed by atoms with van der Waals surface area (Å²) in [6, 6.07) is 6.10. The van der Waals surface area contributed by atoms with Crippen LogP contribution in [0.1, 0.15) is 18.1 Å². The highest BCUT2D eigenvalue weighted by molar-refractivity contribution is 5.72. The van der Waals surface area contributed by atoms with E-state index in [0.717, 1.165) is 5.69 Å². The number of benzene rings is 1. The second-order valence-electron chi connectivity index (χ2n) is 4.05. The smallest absolute Gasteiger partial charge is 0.310 e. The van der Waals surface area contributed by atoms with Gasteiger partial charge in [-0.3, -0.25) is 4.79 Å². The average molecular weight is 221 g/mol. The monoisotopic (exact) mass is 221 g/mol. The molecule has 0 aliphatic heterocycles. The number of aryl methyl sites for hydroxylation is 1. The molecular weight excluding hydrogens is 202 g/mol. The molecule has 0 aromatic heterocycles. The summed E-state index contributed by atoms with van der Waals surface area (Å²) in [6.07, 6.45) is 0. The summed E-state index contributed by atoms with van der Waals surface area (Å²) in [5.41, 5.74) is 3.55. The topological polar surface area (TPSA) is 38.3 Å². The largest absolute Gasteiger partial charge is 0.469 e. The molecule has 0 spiro atoms. The minimum Gasteiger partial charge on any atom is -0.469 e. The molecule has 88 valence electrons. The van der Waals surface area contributed by atoms with Crippen molar-refractivity contribution >= 4 is 11.7 Å². The van der Waals surface area contributed by atoms with Crippen LogP contribution in [0.5, 0.6) is 0 Å². The van der Waals surface area contributed by atoms with E-state index in [1.165, 1.54) is 18.2 Å². The van der Waals surface area contributed by atoms with Crippen LogP contribution in [0.25, 0.3) is 0 Å². The first-order valence-electron chi connectivity index (χ1n) is 5.44. The third kappa shape index (κ3) is 2.99. The lowest BCUT2D eigenvalue weighted by Crippen LogP contribution is -2.21. The number of anilines is 1. The summed E-state index contributed by atoms with van der Waals surface area (Å²) in [5, 5.41) is 3.27. The molecule has 0 saturated carbocycles. The van der Waals surface area contributed by atoms with Crippen molar-refractivity contribution in [3.8, 4) is 0 Å². The van der Waals surface area contributed by atoms with Gasteiger partial charge in [0, 0.05) is 12.2 Å². The SMILES string of the molecule is COC(=O)C(C)CNc1cccc(C)c1C.